The second-order valence-corrected chi connectivity index (χ2v) is 3.47. The van der Waals surface area contributed by atoms with Gasteiger partial charge in [0.1, 0.15) is 6.10 Å². The predicted octanol–water partition coefficient (Wildman–Crippen LogP) is 1.61. The monoisotopic (exact) mass is 200 g/mol. The SMILES string of the molecule is OC(C1CCCOC1)C(F)(F)Cl. The van der Waals surface area contributed by atoms with Crippen LogP contribution >= 0.6 is 11.6 Å². The fourth-order valence-electron chi connectivity index (χ4n) is 1.28. The summed E-state index contributed by atoms with van der Waals surface area (Å²) in [7, 11) is 0. The van der Waals surface area contributed by atoms with Crippen LogP contribution in [0.15, 0.2) is 0 Å². The number of ether oxygens (including phenoxy) is 1. The molecule has 2 atom stereocenters. The van der Waals surface area contributed by atoms with Crippen molar-refractivity contribution in [1.29, 1.82) is 0 Å². The van der Waals surface area contributed by atoms with Crippen molar-refractivity contribution in [3.05, 3.63) is 0 Å². The lowest BCUT2D eigenvalue weighted by molar-refractivity contribution is -0.102. The van der Waals surface area contributed by atoms with Gasteiger partial charge in [0, 0.05) is 12.5 Å². The fraction of sp³-hybridized carbons (Fsp3) is 1.00. The summed E-state index contributed by atoms with van der Waals surface area (Å²) in [6.07, 6.45) is -0.544. The summed E-state index contributed by atoms with van der Waals surface area (Å²) in [4.78, 5) is 0. The Hall–Kier alpha value is 0.0700. The first-order valence-electron chi connectivity index (χ1n) is 3.84. The van der Waals surface area contributed by atoms with E-state index < -0.39 is 17.4 Å². The van der Waals surface area contributed by atoms with Gasteiger partial charge in [-0.05, 0) is 24.4 Å². The summed E-state index contributed by atoms with van der Waals surface area (Å²) < 4.78 is 29.7. The average Bonchev–Trinajstić information content (AvgIpc) is 2.03. The minimum Gasteiger partial charge on any atom is -0.385 e. The van der Waals surface area contributed by atoms with E-state index in [1.165, 1.54) is 0 Å². The molecule has 0 amide bonds. The molecule has 5 heteroatoms. The van der Waals surface area contributed by atoms with Gasteiger partial charge in [0.15, 0.2) is 0 Å². The molecule has 0 saturated carbocycles. The maximum atomic E-state index is 12.4. The highest BCUT2D eigenvalue weighted by Crippen LogP contribution is 2.31. The highest BCUT2D eigenvalue weighted by molar-refractivity contribution is 6.22. The molecule has 0 aromatic rings. The Labute approximate surface area is 74.5 Å². The molecule has 1 heterocycles. The van der Waals surface area contributed by atoms with Gasteiger partial charge in [-0.2, -0.15) is 8.78 Å². The van der Waals surface area contributed by atoms with E-state index in [9.17, 15) is 8.78 Å². The van der Waals surface area contributed by atoms with E-state index in [-0.39, 0.29) is 6.61 Å². The van der Waals surface area contributed by atoms with Crippen molar-refractivity contribution < 1.29 is 18.6 Å². The third-order valence-electron chi connectivity index (χ3n) is 1.98. The van der Waals surface area contributed by atoms with Crippen LogP contribution in [-0.4, -0.2) is 29.8 Å². The molecule has 0 spiro atoms. The lowest BCUT2D eigenvalue weighted by atomic mass is 9.96. The summed E-state index contributed by atoms with van der Waals surface area (Å²) in [6, 6.07) is 0. The average molecular weight is 201 g/mol. The number of halogens is 3. The molecule has 0 aromatic heterocycles. The molecule has 0 aliphatic carbocycles. The van der Waals surface area contributed by atoms with Crippen molar-refractivity contribution in [2.24, 2.45) is 5.92 Å². The number of hydrogen-bond acceptors (Lipinski definition) is 2. The number of alkyl halides is 3. The molecule has 1 rings (SSSR count). The Kier molecular flexibility index (Phi) is 3.26. The second-order valence-electron chi connectivity index (χ2n) is 2.96. The van der Waals surface area contributed by atoms with Gasteiger partial charge in [-0.15, -0.1) is 0 Å². The molecule has 0 bridgehead atoms. The topological polar surface area (TPSA) is 29.5 Å². The van der Waals surface area contributed by atoms with Gasteiger partial charge in [-0.3, -0.25) is 0 Å². The zero-order valence-electron chi connectivity index (χ0n) is 6.47. The van der Waals surface area contributed by atoms with Gasteiger partial charge in [0.05, 0.1) is 6.61 Å². The summed E-state index contributed by atoms with van der Waals surface area (Å²) >= 11 is 4.68. The fourth-order valence-corrected chi connectivity index (χ4v) is 1.46. The smallest absolute Gasteiger partial charge is 0.347 e. The molecule has 2 unspecified atom stereocenters. The quantitative estimate of drug-likeness (QED) is 0.687. The first-order chi connectivity index (χ1) is 5.52. The molecule has 12 heavy (non-hydrogen) atoms. The van der Waals surface area contributed by atoms with Gasteiger partial charge >= 0.3 is 5.38 Å². The molecular formula is C7H11ClF2O2. The summed E-state index contributed by atoms with van der Waals surface area (Å²) in [5.41, 5.74) is 0. The first kappa shape index (κ1) is 10.2. The lowest BCUT2D eigenvalue weighted by Gasteiger charge is -2.28. The van der Waals surface area contributed by atoms with Gasteiger partial charge < -0.3 is 9.84 Å². The maximum absolute atomic E-state index is 12.4. The summed E-state index contributed by atoms with van der Waals surface area (Å²) in [6.45, 7) is 0.751. The Balaban J connectivity index is 2.45. The van der Waals surface area contributed by atoms with E-state index in [1.54, 1.807) is 0 Å². The summed E-state index contributed by atoms with van der Waals surface area (Å²) in [5, 5.41) is 5.51. The Morgan fingerprint density at radius 1 is 1.58 bits per heavy atom. The van der Waals surface area contributed by atoms with E-state index in [0.717, 1.165) is 0 Å². The molecule has 1 aliphatic rings. The van der Waals surface area contributed by atoms with Gasteiger partial charge in [0.25, 0.3) is 0 Å². The molecule has 1 aliphatic heterocycles. The van der Waals surface area contributed by atoms with Crippen molar-refractivity contribution in [1.82, 2.24) is 0 Å². The van der Waals surface area contributed by atoms with Crippen LogP contribution < -0.4 is 0 Å². The van der Waals surface area contributed by atoms with E-state index >= 15 is 0 Å². The van der Waals surface area contributed by atoms with E-state index in [0.29, 0.717) is 19.4 Å². The van der Waals surface area contributed by atoms with Crippen LogP contribution in [0.1, 0.15) is 12.8 Å². The summed E-state index contributed by atoms with van der Waals surface area (Å²) in [5.74, 6) is -0.536. The number of aliphatic hydroxyl groups is 1. The van der Waals surface area contributed by atoms with E-state index in [4.69, 9.17) is 9.84 Å². The minimum absolute atomic E-state index is 0.170. The molecule has 1 fully saturated rings. The number of aliphatic hydroxyl groups excluding tert-OH is 1. The molecule has 72 valence electrons. The van der Waals surface area contributed by atoms with E-state index in [1.807, 2.05) is 0 Å². The van der Waals surface area contributed by atoms with Crippen LogP contribution in [0.5, 0.6) is 0 Å². The number of rotatable bonds is 2. The molecular weight excluding hydrogens is 190 g/mol. The normalized spacial score (nSPS) is 28.5. The highest BCUT2D eigenvalue weighted by Gasteiger charge is 2.41. The molecule has 1 N–H and O–H groups in total. The van der Waals surface area contributed by atoms with Crippen molar-refractivity contribution in [2.75, 3.05) is 13.2 Å². The molecule has 1 saturated heterocycles. The largest absolute Gasteiger partial charge is 0.385 e. The standard InChI is InChI=1S/C7H11ClF2O2/c8-7(9,10)6(11)5-2-1-3-12-4-5/h5-6,11H,1-4H2. The zero-order chi connectivity index (χ0) is 9.19. The Morgan fingerprint density at radius 3 is 2.67 bits per heavy atom. The van der Waals surface area contributed by atoms with Crippen molar-refractivity contribution in [2.45, 2.75) is 24.3 Å². The number of hydrogen-bond donors (Lipinski definition) is 1. The highest BCUT2D eigenvalue weighted by atomic mass is 35.5. The predicted molar refractivity (Wildman–Crippen MR) is 40.3 cm³/mol. The maximum Gasteiger partial charge on any atom is 0.347 e. The van der Waals surface area contributed by atoms with Gasteiger partial charge in [-0.1, -0.05) is 0 Å². The van der Waals surface area contributed by atoms with Crippen molar-refractivity contribution in [3.63, 3.8) is 0 Å². The van der Waals surface area contributed by atoms with Gasteiger partial charge in [-0.25, -0.2) is 0 Å². The first-order valence-corrected chi connectivity index (χ1v) is 4.22. The van der Waals surface area contributed by atoms with Crippen LogP contribution in [0.25, 0.3) is 0 Å². The van der Waals surface area contributed by atoms with Crippen LogP contribution in [0.4, 0.5) is 8.78 Å². The Morgan fingerprint density at radius 2 is 2.25 bits per heavy atom. The minimum atomic E-state index is -3.54. The van der Waals surface area contributed by atoms with Crippen LogP contribution in [0.2, 0.25) is 0 Å². The van der Waals surface area contributed by atoms with E-state index in [2.05, 4.69) is 11.6 Å². The van der Waals surface area contributed by atoms with Crippen LogP contribution in [0, 0.1) is 5.92 Å². The van der Waals surface area contributed by atoms with Gasteiger partial charge in [0.2, 0.25) is 0 Å². The van der Waals surface area contributed by atoms with Crippen molar-refractivity contribution >= 4 is 11.6 Å². The van der Waals surface area contributed by atoms with Crippen LogP contribution in [0.3, 0.4) is 0 Å². The van der Waals surface area contributed by atoms with Crippen molar-refractivity contribution in [3.8, 4) is 0 Å². The third-order valence-corrected chi connectivity index (χ3v) is 2.20. The molecule has 0 radical (unpaired) electrons. The van der Waals surface area contributed by atoms with Crippen LogP contribution in [-0.2, 0) is 4.74 Å². The molecule has 0 aromatic carbocycles. The second kappa shape index (κ2) is 3.85. The third kappa shape index (κ3) is 2.54. The lowest BCUT2D eigenvalue weighted by Crippen LogP contribution is -2.39. The Bertz CT molecular complexity index is 143. The molecule has 2 nitrogen and oxygen atoms in total. The zero-order valence-corrected chi connectivity index (χ0v) is 7.23.